The first-order valence-corrected chi connectivity index (χ1v) is 13.1. The van der Waals surface area contributed by atoms with Crippen molar-refractivity contribution in [3.8, 4) is 5.75 Å². The molecule has 2 aromatic carbocycles. The SMILES string of the molecule is C[C@@H]1C[C@H](n2c(Nc3ccc(OC(F)(F)F)cc3)nc3cc(S(=O)(=O)Cl)ccc32)CC(C)(C)C1. The molecule has 0 amide bonds. The van der Waals surface area contributed by atoms with Crippen LogP contribution in [0.1, 0.15) is 46.1 Å². The molecular weight excluding hydrogens is 491 g/mol. The molecule has 11 heteroatoms. The molecule has 0 spiro atoms. The van der Waals surface area contributed by atoms with Gasteiger partial charge >= 0.3 is 6.36 Å². The maximum atomic E-state index is 12.5. The summed E-state index contributed by atoms with van der Waals surface area (Å²) in [5, 5.41) is 3.18. The Kier molecular flexibility index (Phi) is 6.27. The number of anilines is 2. The fraction of sp³-hybridized carbons (Fsp3) is 0.435. The monoisotopic (exact) mass is 515 g/mol. The highest BCUT2D eigenvalue weighted by atomic mass is 35.7. The van der Waals surface area contributed by atoms with Crippen LogP contribution in [-0.4, -0.2) is 24.3 Å². The number of halogens is 4. The van der Waals surface area contributed by atoms with Crippen molar-refractivity contribution in [2.75, 3.05) is 5.32 Å². The fourth-order valence-corrected chi connectivity index (χ4v) is 5.82. The second-order valence-electron chi connectivity index (χ2n) is 9.66. The summed E-state index contributed by atoms with van der Waals surface area (Å²) >= 11 is 0. The molecular formula is C23H25ClF3N3O3S. The summed E-state index contributed by atoms with van der Waals surface area (Å²) in [7, 11) is 1.60. The third-order valence-corrected chi connectivity index (χ3v) is 7.37. The van der Waals surface area contributed by atoms with Gasteiger partial charge in [0.25, 0.3) is 9.05 Å². The average Bonchev–Trinajstić information content (AvgIpc) is 3.03. The number of nitrogens with zero attached hydrogens (tertiary/aromatic N) is 2. The molecule has 0 unspecified atom stereocenters. The number of fused-ring (bicyclic) bond motifs is 1. The molecule has 1 aromatic heterocycles. The van der Waals surface area contributed by atoms with Gasteiger partial charge in [0.15, 0.2) is 0 Å². The number of rotatable bonds is 5. The van der Waals surface area contributed by atoms with Crippen LogP contribution in [0, 0.1) is 11.3 Å². The van der Waals surface area contributed by atoms with E-state index in [0.717, 1.165) is 24.8 Å². The van der Waals surface area contributed by atoms with Crippen LogP contribution in [0.5, 0.6) is 5.75 Å². The van der Waals surface area contributed by atoms with Crippen LogP contribution in [0.3, 0.4) is 0 Å². The van der Waals surface area contributed by atoms with Crippen LogP contribution in [0.25, 0.3) is 11.0 Å². The Hall–Kier alpha value is -2.46. The Morgan fingerprint density at radius 3 is 2.41 bits per heavy atom. The number of ether oxygens (including phenoxy) is 1. The molecule has 1 saturated carbocycles. The van der Waals surface area contributed by atoms with E-state index in [4.69, 9.17) is 10.7 Å². The van der Waals surface area contributed by atoms with Crippen molar-refractivity contribution in [1.82, 2.24) is 9.55 Å². The normalized spacial score (nSPS) is 20.9. The van der Waals surface area contributed by atoms with E-state index >= 15 is 0 Å². The van der Waals surface area contributed by atoms with Gasteiger partial charge < -0.3 is 14.6 Å². The molecule has 0 saturated heterocycles. The van der Waals surface area contributed by atoms with E-state index < -0.39 is 15.4 Å². The van der Waals surface area contributed by atoms with Gasteiger partial charge in [-0.25, -0.2) is 13.4 Å². The molecule has 184 valence electrons. The second-order valence-corrected chi connectivity index (χ2v) is 12.2. The Labute approximate surface area is 200 Å². The summed E-state index contributed by atoms with van der Waals surface area (Å²) < 4.78 is 67.1. The van der Waals surface area contributed by atoms with Gasteiger partial charge in [0.1, 0.15) is 5.75 Å². The third kappa shape index (κ3) is 5.60. The largest absolute Gasteiger partial charge is 0.573 e. The fourth-order valence-electron chi connectivity index (χ4n) is 5.05. The van der Waals surface area contributed by atoms with Gasteiger partial charge in [-0.15, -0.1) is 13.2 Å². The predicted molar refractivity (Wildman–Crippen MR) is 125 cm³/mol. The van der Waals surface area contributed by atoms with Crippen molar-refractivity contribution in [1.29, 1.82) is 0 Å². The van der Waals surface area contributed by atoms with Crippen molar-refractivity contribution in [3.05, 3.63) is 42.5 Å². The first-order chi connectivity index (χ1) is 15.7. The van der Waals surface area contributed by atoms with Crippen LogP contribution in [-0.2, 0) is 9.05 Å². The minimum atomic E-state index is -4.77. The lowest BCUT2D eigenvalue weighted by atomic mass is 9.70. The summed E-state index contributed by atoms with van der Waals surface area (Å²) in [5.41, 5.74) is 1.82. The molecule has 1 aliphatic carbocycles. The standard InChI is InChI=1S/C23H25ClF3N3O3S/c1-14-10-16(13-22(2,3)12-14)30-20-9-8-18(34(24,31)32)11-19(20)29-21(30)28-15-4-6-17(7-5-15)33-23(25,26)27/h4-9,11,14,16H,10,12-13H2,1-3H3,(H,28,29)/t14-,16+/m1/s1. The van der Waals surface area contributed by atoms with Gasteiger partial charge in [0.2, 0.25) is 5.95 Å². The molecule has 0 bridgehead atoms. The summed E-state index contributed by atoms with van der Waals surface area (Å²) in [6, 6.07) is 10.0. The smallest absolute Gasteiger partial charge is 0.406 e. The molecule has 1 aliphatic rings. The first-order valence-electron chi connectivity index (χ1n) is 10.8. The number of alkyl halides is 3. The van der Waals surface area contributed by atoms with Crippen LogP contribution in [0.15, 0.2) is 47.4 Å². The quantitative estimate of drug-likeness (QED) is 0.370. The van der Waals surface area contributed by atoms with E-state index in [-0.39, 0.29) is 22.1 Å². The molecule has 1 fully saturated rings. The maximum Gasteiger partial charge on any atom is 0.573 e. The van der Waals surface area contributed by atoms with Gasteiger partial charge in [-0.05, 0) is 73.1 Å². The molecule has 0 aliphatic heterocycles. The van der Waals surface area contributed by atoms with Crippen molar-refractivity contribution < 1.29 is 26.3 Å². The van der Waals surface area contributed by atoms with E-state index in [1.807, 2.05) is 0 Å². The van der Waals surface area contributed by atoms with Crippen molar-refractivity contribution in [2.24, 2.45) is 11.3 Å². The Bertz CT molecular complexity index is 1300. The lowest BCUT2D eigenvalue weighted by Crippen LogP contribution is -2.29. The van der Waals surface area contributed by atoms with E-state index in [9.17, 15) is 21.6 Å². The summed E-state index contributed by atoms with van der Waals surface area (Å²) in [6.45, 7) is 6.65. The zero-order chi connectivity index (χ0) is 24.9. The molecule has 6 nitrogen and oxygen atoms in total. The zero-order valence-corrected chi connectivity index (χ0v) is 20.4. The molecule has 1 N–H and O–H groups in total. The van der Waals surface area contributed by atoms with Crippen LogP contribution >= 0.6 is 10.7 Å². The van der Waals surface area contributed by atoms with Crippen molar-refractivity contribution >= 4 is 42.4 Å². The number of benzene rings is 2. The minimum Gasteiger partial charge on any atom is -0.406 e. The number of nitrogens with one attached hydrogen (secondary N) is 1. The predicted octanol–water partition coefficient (Wildman–Crippen LogP) is 6.99. The van der Waals surface area contributed by atoms with Crippen LogP contribution in [0.4, 0.5) is 24.8 Å². The van der Waals surface area contributed by atoms with E-state index in [1.54, 1.807) is 6.07 Å². The second kappa shape index (κ2) is 8.64. The van der Waals surface area contributed by atoms with E-state index in [0.29, 0.717) is 23.1 Å². The minimum absolute atomic E-state index is 0.0520. The molecule has 1 heterocycles. The van der Waals surface area contributed by atoms with Gasteiger partial charge in [-0.2, -0.15) is 0 Å². The van der Waals surface area contributed by atoms with Crippen molar-refractivity contribution in [2.45, 2.75) is 57.3 Å². The number of imidazole rings is 1. The highest BCUT2D eigenvalue weighted by molar-refractivity contribution is 8.13. The third-order valence-electron chi connectivity index (χ3n) is 6.02. The van der Waals surface area contributed by atoms with Gasteiger partial charge in [-0.3, -0.25) is 0 Å². The van der Waals surface area contributed by atoms with Gasteiger partial charge in [0, 0.05) is 22.4 Å². The van der Waals surface area contributed by atoms with E-state index in [1.165, 1.54) is 36.4 Å². The lowest BCUT2D eigenvalue weighted by molar-refractivity contribution is -0.274. The Balaban J connectivity index is 1.76. The first kappa shape index (κ1) is 24.7. The Morgan fingerprint density at radius 2 is 1.82 bits per heavy atom. The zero-order valence-electron chi connectivity index (χ0n) is 18.9. The molecule has 0 radical (unpaired) electrons. The highest BCUT2D eigenvalue weighted by Gasteiger charge is 2.35. The summed E-state index contributed by atoms with van der Waals surface area (Å²) in [6.07, 6.45) is -1.87. The highest BCUT2D eigenvalue weighted by Crippen LogP contribution is 2.46. The van der Waals surface area contributed by atoms with Crippen LogP contribution < -0.4 is 10.1 Å². The molecule has 3 aromatic rings. The average molecular weight is 516 g/mol. The molecule has 2 atom stereocenters. The summed E-state index contributed by atoms with van der Waals surface area (Å²) in [4.78, 5) is 4.58. The lowest BCUT2D eigenvalue weighted by Gasteiger charge is -2.40. The number of hydrogen-bond donors (Lipinski definition) is 1. The maximum absolute atomic E-state index is 12.5. The molecule has 4 rings (SSSR count). The van der Waals surface area contributed by atoms with Gasteiger partial charge in [0.05, 0.1) is 15.9 Å². The topological polar surface area (TPSA) is 73.2 Å². The number of aromatic nitrogens is 2. The molecule has 34 heavy (non-hydrogen) atoms. The Morgan fingerprint density at radius 1 is 1.15 bits per heavy atom. The number of hydrogen-bond acceptors (Lipinski definition) is 5. The van der Waals surface area contributed by atoms with Crippen molar-refractivity contribution in [3.63, 3.8) is 0 Å². The van der Waals surface area contributed by atoms with Gasteiger partial charge in [-0.1, -0.05) is 20.8 Å². The van der Waals surface area contributed by atoms with E-state index in [2.05, 4.69) is 40.4 Å². The summed E-state index contributed by atoms with van der Waals surface area (Å²) in [5.74, 6) is 0.616. The van der Waals surface area contributed by atoms with Crippen LogP contribution in [0.2, 0.25) is 0 Å².